The second-order valence-electron chi connectivity index (χ2n) is 6.98. The van der Waals surface area contributed by atoms with Crippen molar-refractivity contribution in [1.82, 2.24) is 10.3 Å². The van der Waals surface area contributed by atoms with Gasteiger partial charge in [-0.15, -0.1) is 0 Å². The minimum absolute atomic E-state index is 0.298. The normalized spacial score (nSPS) is 10.9. The molecule has 1 heterocycles. The van der Waals surface area contributed by atoms with Gasteiger partial charge in [-0.3, -0.25) is 0 Å². The number of halogens is 1. The van der Waals surface area contributed by atoms with E-state index in [-0.39, 0.29) is 5.82 Å². The van der Waals surface area contributed by atoms with E-state index in [0.717, 1.165) is 39.3 Å². The van der Waals surface area contributed by atoms with E-state index in [2.05, 4.69) is 11.4 Å². The average Bonchev–Trinajstić information content (AvgIpc) is 2.79. The van der Waals surface area contributed by atoms with E-state index in [1.54, 1.807) is 20.3 Å². The van der Waals surface area contributed by atoms with Crippen LogP contribution >= 0.6 is 0 Å². The molecule has 4 aromatic rings. The first-order chi connectivity index (χ1) is 14.7. The molecule has 152 valence electrons. The van der Waals surface area contributed by atoms with E-state index in [9.17, 15) is 4.39 Å². The molecule has 1 aromatic heterocycles. The van der Waals surface area contributed by atoms with Crippen LogP contribution < -0.4 is 14.8 Å². The zero-order valence-electron chi connectivity index (χ0n) is 17.0. The predicted molar refractivity (Wildman–Crippen MR) is 117 cm³/mol. The number of nitrogens with zero attached hydrogens (tertiary/aromatic N) is 1. The Labute approximate surface area is 175 Å². The van der Waals surface area contributed by atoms with Crippen LogP contribution in [0.2, 0.25) is 0 Å². The van der Waals surface area contributed by atoms with Crippen molar-refractivity contribution in [1.29, 1.82) is 0 Å². The third kappa shape index (κ3) is 4.26. The highest BCUT2D eigenvalue weighted by molar-refractivity contribution is 5.83. The van der Waals surface area contributed by atoms with Gasteiger partial charge in [-0.25, -0.2) is 9.37 Å². The lowest BCUT2D eigenvalue weighted by molar-refractivity contribution is 0.407. The van der Waals surface area contributed by atoms with Crippen molar-refractivity contribution in [2.45, 2.75) is 13.1 Å². The molecule has 0 aliphatic rings. The summed E-state index contributed by atoms with van der Waals surface area (Å²) in [6.45, 7) is 1.26. The van der Waals surface area contributed by atoms with Gasteiger partial charge in [-0.05, 0) is 42.0 Å². The summed E-state index contributed by atoms with van der Waals surface area (Å²) < 4.78 is 24.6. The fourth-order valence-electron chi connectivity index (χ4n) is 3.52. The van der Waals surface area contributed by atoms with Crippen molar-refractivity contribution < 1.29 is 13.9 Å². The summed E-state index contributed by atoms with van der Waals surface area (Å²) in [4.78, 5) is 4.78. The molecular formula is C25H23FN2O2. The van der Waals surface area contributed by atoms with Crippen molar-refractivity contribution in [2.75, 3.05) is 14.2 Å². The van der Waals surface area contributed by atoms with Gasteiger partial charge >= 0.3 is 0 Å². The van der Waals surface area contributed by atoms with Crippen LogP contribution in [0.4, 0.5) is 4.39 Å². The summed E-state index contributed by atoms with van der Waals surface area (Å²) >= 11 is 0. The molecule has 4 rings (SSSR count). The lowest BCUT2D eigenvalue weighted by Gasteiger charge is -2.14. The molecule has 0 aliphatic carbocycles. The number of hydrogen-bond donors (Lipinski definition) is 1. The van der Waals surface area contributed by atoms with E-state index in [1.807, 2.05) is 48.5 Å². The lowest BCUT2D eigenvalue weighted by Crippen LogP contribution is -2.14. The molecule has 0 amide bonds. The second kappa shape index (κ2) is 8.93. The molecule has 0 saturated carbocycles. The Morgan fingerprint density at radius 1 is 0.833 bits per heavy atom. The van der Waals surface area contributed by atoms with Gasteiger partial charge in [-0.1, -0.05) is 30.3 Å². The van der Waals surface area contributed by atoms with Gasteiger partial charge in [0.05, 0.1) is 25.4 Å². The maximum absolute atomic E-state index is 13.8. The van der Waals surface area contributed by atoms with E-state index in [0.29, 0.717) is 18.6 Å². The van der Waals surface area contributed by atoms with E-state index < -0.39 is 0 Å². The number of aromatic nitrogens is 1. The first-order valence-electron chi connectivity index (χ1n) is 9.74. The SMILES string of the molecule is COc1cccc(-c2nc3cc(F)ccc3cc2CNCc2ccccc2OC)c1. The Balaban J connectivity index is 1.69. The fraction of sp³-hybridized carbons (Fsp3) is 0.160. The van der Waals surface area contributed by atoms with Crippen LogP contribution in [0.3, 0.4) is 0 Å². The molecule has 1 N–H and O–H groups in total. The number of para-hydroxylation sites is 1. The molecule has 0 atom stereocenters. The zero-order valence-corrected chi connectivity index (χ0v) is 17.0. The molecule has 0 radical (unpaired) electrons. The first-order valence-corrected chi connectivity index (χ1v) is 9.74. The summed E-state index contributed by atoms with van der Waals surface area (Å²) in [5, 5.41) is 4.38. The van der Waals surface area contributed by atoms with Gasteiger partial charge in [0.25, 0.3) is 0 Å². The number of benzene rings is 3. The Kier molecular flexibility index (Phi) is 5.91. The third-order valence-electron chi connectivity index (χ3n) is 5.03. The number of pyridine rings is 1. The molecule has 30 heavy (non-hydrogen) atoms. The highest BCUT2D eigenvalue weighted by Crippen LogP contribution is 2.29. The minimum Gasteiger partial charge on any atom is -0.497 e. The van der Waals surface area contributed by atoms with Gasteiger partial charge < -0.3 is 14.8 Å². The van der Waals surface area contributed by atoms with Crippen LogP contribution in [-0.4, -0.2) is 19.2 Å². The van der Waals surface area contributed by atoms with Crippen LogP contribution in [0.5, 0.6) is 11.5 Å². The van der Waals surface area contributed by atoms with Crippen LogP contribution in [0.25, 0.3) is 22.2 Å². The van der Waals surface area contributed by atoms with Gasteiger partial charge in [0, 0.05) is 35.7 Å². The van der Waals surface area contributed by atoms with Gasteiger partial charge in [0.2, 0.25) is 0 Å². The van der Waals surface area contributed by atoms with Gasteiger partial charge in [0.15, 0.2) is 0 Å². The third-order valence-corrected chi connectivity index (χ3v) is 5.03. The number of hydrogen-bond acceptors (Lipinski definition) is 4. The summed E-state index contributed by atoms with van der Waals surface area (Å²) in [7, 11) is 3.31. The topological polar surface area (TPSA) is 43.4 Å². The second-order valence-corrected chi connectivity index (χ2v) is 6.98. The molecule has 4 nitrogen and oxygen atoms in total. The summed E-state index contributed by atoms with van der Waals surface area (Å²) in [6, 6.07) is 22.4. The molecule has 5 heteroatoms. The number of fused-ring (bicyclic) bond motifs is 1. The van der Waals surface area contributed by atoms with Crippen molar-refractivity contribution in [3.05, 3.63) is 89.7 Å². The predicted octanol–water partition coefficient (Wildman–Crippen LogP) is 5.35. The number of ether oxygens (including phenoxy) is 2. The molecule has 0 saturated heterocycles. The monoisotopic (exact) mass is 402 g/mol. The van der Waals surface area contributed by atoms with Crippen molar-refractivity contribution >= 4 is 10.9 Å². The quantitative estimate of drug-likeness (QED) is 0.453. The van der Waals surface area contributed by atoms with Crippen molar-refractivity contribution in [3.8, 4) is 22.8 Å². The van der Waals surface area contributed by atoms with E-state index in [4.69, 9.17) is 14.5 Å². The molecule has 0 spiro atoms. The Morgan fingerprint density at radius 3 is 2.50 bits per heavy atom. The van der Waals surface area contributed by atoms with Crippen molar-refractivity contribution in [2.24, 2.45) is 0 Å². The highest BCUT2D eigenvalue weighted by atomic mass is 19.1. The minimum atomic E-state index is -0.298. The van der Waals surface area contributed by atoms with Gasteiger partial charge in [0.1, 0.15) is 17.3 Å². The summed E-state index contributed by atoms with van der Waals surface area (Å²) in [5.41, 5.74) is 4.46. The average molecular weight is 402 g/mol. The largest absolute Gasteiger partial charge is 0.497 e. The Morgan fingerprint density at radius 2 is 1.67 bits per heavy atom. The number of methoxy groups -OCH3 is 2. The smallest absolute Gasteiger partial charge is 0.125 e. The molecule has 0 aliphatic heterocycles. The summed E-state index contributed by atoms with van der Waals surface area (Å²) in [6.07, 6.45) is 0. The van der Waals surface area contributed by atoms with Crippen molar-refractivity contribution in [3.63, 3.8) is 0 Å². The standard InChI is InChI=1S/C25H23FN2O2/c1-29-22-8-5-7-18(13-22)25-20(12-17-10-11-21(26)14-23(17)28-25)16-27-15-19-6-3-4-9-24(19)30-2/h3-14,27H,15-16H2,1-2H3. The molecular weight excluding hydrogens is 379 g/mol. The zero-order chi connectivity index (χ0) is 20.9. The van der Waals surface area contributed by atoms with E-state index >= 15 is 0 Å². The highest BCUT2D eigenvalue weighted by Gasteiger charge is 2.11. The van der Waals surface area contributed by atoms with Gasteiger partial charge in [-0.2, -0.15) is 0 Å². The Bertz CT molecular complexity index is 1180. The maximum Gasteiger partial charge on any atom is 0.125 e. The van der Waals surface area contributed by atoms with Crippen LogP contribution in [-0.2, 0) is 13.1 Å². The molecule has 0 unspecified atom stereocenters. The first kappa shape index (κ1) is 19.9. The lowest BCUT2D eigenvalue weighted by atomic mass is 10.0. The maximum atomic E-state index is 13.8. The summed E-state index contributed by atoms with van der Waals surface area (Å²) in [5.74, 6) is 1.31. The van der Waals surface area contributed by atoms with E-state index in [1.165, 1.54) is 12.1 Å². The fourth-order valence-corrected chi connectivity index (χ4v) is 3.52. The number of nitrogens with one attached hydrogen (secondary N) is 1. The van der Waals surface area contributed by atoms with Crippen LogP contribution in [0.15, 0.2) is 72.8 Å². The molecule has 3 aromatic carbocycles. The number of rotatable bonds is 7. The molecule has 0 bridgehead atoms. The Hall–Kier alpha value is -3.44. The molecule has 0 fully saturated rings. The van der Waals surface area contributed by atoms with Crippen LogP contribution in [0.1, 0.15) is 11.1 Å². The van der Waals surface area contributed by atoms with Crippen LogP contribution in [0, 0.1) is 5.82 Å².